The lowest BCUT2D eigenvalue weighted by molar-refractivity contribution is 0.0940. The van der Waals surface area contributed by atoms with E-state index in [0.717, 1.165) is 0 Å². The van der Waals surface area contributed by atoms with Gasteiger partial charge in [0.25, 0.3) is 5.91 Å². The average Bonchev–Trinajstić information content (AvgIpc) is 2.48. The molecule has 0 saturated heterocycles. The van der Waals surface area contributed by atoms with Gasteiger partial charge < -0.3 is 10.2 Å². The molecule has 4 nitrogen and oxygen atoms in total. The predicted octanol–water partition coefficient (Wildman–Crippen LogP) is 2.88. The van der Waals surface area contributed by atoms with Crippen LogP contribution in [0.25, 0.3) is 0 Å². The summed E-state index contributed by atoms with van der Waals surface area (Å²) in [7, 11) is 4.01. The standard InChI is InChI=1S/C16H18BrN3O/c1-20(2)14(12-7-4-3-5-8-12)11-19-16(21)13-9-6-10-18-15(13)17/h3-10,14H,11H2,1-2H3,(H,19,21). The number of likely N-dealkylation sites (N-methyl/N-ethyl adjacent to an activating group) is 1. The van der Waals surface area contributed by atoms with Crippen LogP contribution in [-0.4, -0.2) is 36.4 Å². The third-order valence-electron chi connectivity index (χ3n) is 3.27. The minimum Gasteiger partial charge on any atom is -0.350 e. The van der Waals surface area contributed by atoms with Crippen LogP contribution in [0.3, 0.4) is 0 Å². The molecule has 0 saturated carbocycles. The number of hydrogen-bond donors (Lipinski definition) is 1. The average molecular weight is 348 g/mol. The highest BCUT2D eigenvalue weighted by molar-refractivity contribution is 9.10. The Morgan fingerprint density at radius 3 is 2.57 bits per heavy atom. The molecule has 2 aromatic rings. The van der Waals surface area contributed by atoms with Crippen molar-refractivity contribution >= 4 is 21.8 Å². The highest BCUT2D eigenvalue weighted by atomic mass is 79.9. The lowest BCUT2D eigenvalue weighted by Crippen LogP contribution is -2.34. The summed E-state index contributed by atoms with van der Waals surface area (Å²) in [5.74, 6) is -0.127. The van der Waals surface area contributed by atoms with Crippen molar-refractivity contribution in [3.8, 4) is 0 Å². The van der Waals surface area contributed by atoms with Crippen molar-refractivity contribution in [2.24, 2.45) is 0 Å². The Morgan fingerprint density at radius 2 is 1.95 bits per heavy atom. The first-order valence-corrected chi connectivity index (χ1v) is 7.49. The maximum Gasteiger partial charge on any atom is 0.254 e. The van der Waals surface area contributed by atoms with Gasteiger partial charge in [-0.15, -0.1) is 0 Å². The van der Waals surface area contributed by atoms with E-state index in [-0.39, 0.29) is 11.9 Å². The van der Waals surface area contributed by atoms with E-state index in [4.69, 9.17) is 0 Å². The summed E-state index contributed by atoms with van der Waals surface area (Å²) >= 11 is 3.30. The molecule has 0 aliphatic carbocycles. The van der Waals surface area contributed by atoms with Crippen molar-refractivity contribution in [2.45, 2.75) is 6.04 Å². The van der Waals surface area contributed by atoms with Crippen LogP contribution in [0, 0.1) is 0 Å². The number of carbonyl (C=O) groups excluding carboxylic acids is 1. The molecule has 0 fully saturated rings. The van der Waals surface area contributed by atoms with Gasteiger partial charge in [-0.05, 0) is 47.7 Å². The van der Waals surface area contributed by atoms with Crippen LogP contribution in [0.5, 0.6) is 0 Å². The molecule has 1 heterocycles. The van der Waals surface area contributed by atoms with Crippen LogP contribution >= 0.6 is 15.9 Å². The van der Waals surface area contributed by atoms with E-state index in [9.17, 15) is 4.79 Å². The Kier molecular flexibility index (Phi) is 5.47. The first-order valence-electron chi connectivity index (χ1n) is 6.69. The zero-order chi connectivity index (χ0) is 15.2. The Balaban J connectivity index is 2.06. The van der Waals surface area contributed by atoms with Gasteiger partial charge in [-0.3, -0.25) is 4.79 Å². The molecule has 0 bridgehead atoms. The number of aromatic nitrogens is 1. The van der Waals surface area contributed by atoms with Gasteiger partial charge in [0.15, 0.2) is 0 Å². The van der Waals surface area contributed by atoms with E-state index in [1.54, 1.807) is 18.3 Å². The molecule has 1 aromatic carbocycles. The maximum atomic E-state index is 12.2. The normalized spacial score (nSPS) is 12.2. The molecule has 0 radical (unpaired) electrons. The lowest BCUT2D eigenvalue weighted by atomic mass is 10.1. The summed E-state index contributed by atoms with van der Waals surface area (Å²) in [5.41, 5.74) is 1.72. The summed E-state index contributed by atoms with van der Waals surface area (Å²) in [6.07, 6.45) is 1.65. The molecule has 110 valence electrons. The smallest absolute Gasteiger partial charge is 0.254 e. The number of carbonyl (C=O) groups is 1. The fraction of sp³-hybridized carbons (Fsp3) is 0.250. The van der Waals surface area contributed by atoms with E-state index in [2.05, 4.69) is 43.3 Å². The number of benzene rings is 1. The second-order valence-corrected chi connectivity index (χ2v) is 5.69. The van der Waals surface area contributed by atoms with Crippen LogP contribution in [0.2, 0.25) is 0 Å². The summed E-state index contributed by atoms with van der Waals surface area (Å²) in [5, 5.41) is 2.97. The number of nitrogens with zero attached hydrogens (tertiary/aromatic N) is 2. The van der Waals surface area contributed by atoms with Crippen molar-refractivity contribution in [3.05, 3.63) is 64.4 Å². The molecule has 1 N–H and O–H groups in total. The third kappa shape index (κ3) is 4.12. The van der Waals surface area contributed by atoms with Gasteiger partial charge in [-0.2, -0.15) is 0 Å². The van der Waals surface area contributed by atoms with E-state index < -0.39 is 0 Å². The van der Waals surface area contributed by atoms with E-state index >= 15 is 0 Å². The zero-order valence-electron chi connectivity index (χ0n) is 12.1. The summed E-state index contributed by atoms with van der Waals surface area (Å²) < 4.78 is 0.559. The Labute approximate surface area is 133 Å². The number of amides is 1. The second kappa shape index (κ2) is 7.33. The topological polar surface area (TPSA) is 45.2 Å². The summed E-state index contributed by atoms with van der Waals surface area (Å²) in [6.45, 7) is 0.539. The third-order valence-corrected chi connectivity index (χ3v) is 3.90. The largest absolute Gasteiger partial charge is 0.350 e. The van der Waals surface area contributed by atoms with Crippen molar-refractivity contribution in [3.63, 3.8) is 0 Å². The molecule has 21 heavy (non-hydrogen) atoms. The molecule has 5 heteroatoms. The number of hydrogen-bond acceptors (Lipinski definition) is 3. The second-order valence-electron chi connectivity index (χ2n) is 4.94. The number of rotatable bonds is 5. The van der Waals surface area contributed by atoms with Crippen molar-refractivity contribution in [1.82, 2.24) is 15.2 Å². The van der Waals surface area contributed by atoms with Crippen molar-refractivity contribution in [2.75, 3.05) is 20.6 Å². The van der Waals surface area contributed by atoms with E-state index in [1.165, 1.54) is 5.56 Å². The minimum absolute atomic E-state index is 0.127. The minimum atomic E-state index is -0.127. The molecular weight excluding hydrogens is 330 g/mol. The van der Waals surface area contributed by atoms with Crippen molar-refractivity contribution in [1.29, 1.82) is 0 Å². The summed E-state index contributed by atoms with van der Waals surface area (Å²) in [6, 6.07) is 13.8. The number of pyridine rings is 1. The molecule has 2 rings (SSSR count). The fourth-order valence-corrected chi connectivity index (χ4v) is 2.54. The number of halogens is 1. The molecule has 0 aliphatic heterocycles. The van der Waals surface area contributed by atoms with Gasteiger partial charge in [-0.1, -0.05) is 30.3 Å². The monoisotopic (exact) mass is 347 g/mol. The lowest BCUT2D eigenvalue weighted by Gasteiger charge is -2.25. The van der Waals surface area contributed by atoms with E-state index in [1.807, 2.05) is 32.3 Å². The molecule has 1 unspecified atom stereocenters. The van der Waals surface area contributed by atoms with Crippen LogP contribution in [0.15, 0.2) is 53.3 Å². The highest BCUT2D eigenvalue weighted by Crippen LogP contribution is 2.17. The van der Waals surface area contributed by atoms with Crippen LogP contribution in [-0.2, 0) is 0 Å². The molecule has 0 aliphatic rings. The Morgan fingerprint density at radius 1 is 1.24 bits per heavy atom. The highest BCUT2D eigenvalue weighted by Gasteiger charge is 2.16. The SMILES string of the molecule is CN(C)C(CNC(=O)c1cccnc1Br)c1ccccc1. The Hall–Kier alpha value is -1.72. The molecule has 1 aromatic heterocycles. The molecular formula is C16H18BrN3O. The van der Waals surface area contributed by atoms with Crippen LogP contribution in [0.4, 0.5) is 0 Å². The predicted molar refractivity (Wildman–Crippen MR) is 87.1 cm³/mol. The summed E-state index contributed by atoms with van der Waals surface area (Å²) in [4.78, 5) is 18.4. The Bertz CT molecular complexity index is 601. The van der Waals surface area contributed by atoms with Gasteiger partial charge in [0.2, 0.25) is 0 Å². The van der Waals surface area contributed by atoms with Crippen molar-refractivity contribution < 1.29 is 4.79 Å². The first kappa shape index (κ1) is 15.7. The molecule has 1 amide bonds. The van der Waals surface area contributed by atoms with Crippen LogP contribution in [0.1, 0.15) is 22.0 Å². The maximum absolute atomic E-state index is 12.2. The fourth-order valence-electron chi connectivity index (χ4n) is 2.11. The van der Waals surface area contributed by atoms with Gasteiger partial charge in [0, 0.05) is 12.7 Å². The molecule has 1 atom stereocenters. The first-order chi connectivity index (χ1) is 10.1. The van der Waals surface area contributed by atoms with Gasteiger partial charge in [-0.25, -0.2) is 4.98 Å². The molecule has 0 spiro atoms. The van der Waals surface area contributed by atoms with Gasteiger partial charge in [0.1, 0.15) is 4.60 Å². The quantitative estimate of drug-likeness (QED) is 0.846. The van der Waals surface area contributed by atoms with Gasteiger partial charge >= 0.3 is 0 Å². The van der Waals surface area contributed by atoms with E-state index in [0.29, 0.717) is 16.7 Å². The van der Waals surface area contributed by atoms with Crippen LogP contribution < -0.4 is 5.32 Å². The number of nitrogens with one attached hydrogen (secondary N) is 1. The zero-order valence-corrected chi connectivity index (χ0v) is 13.7. The van der Waals surface area contributed by atoms with Gasteiger partial charge in [0.05, 0.1) is 11.6 Å².